The van der Waals surface area contributed by atoms with Gasteiger partial charge in [0, 0.05) is 26.2 Å². The first-order chi connectivity index (χ1) is 44.3. The number of fused-ring (bicyclic) bond motifs is 3. The van der Waals surface area contributed by atoms with E-state index in [2.05, 4.69) is 24.5 Å². The highest BCUT2D eigenvalue weighted by molar-refractivity contribution is 5.76. The van der Waals surface area contributed by atoms with Crippen LogP contribution in [-0.4, -0.2) is 245 Å². The number of unbranched alkanes of at least 4 members (excludes halogenated alkanes) is 26. The van der Waals surface area contributed by atoms with Gasteiger partial charge in [0.05, 0.1) is 87.8 Å². The van der Waals surface area contributed by atoms with Gasteiger partial charge in [0.25, 0.3) is 0 Å². The number of carbonyl (C=O) groups excluding carboxylic acids is 2. The van der Waals surface area contributed by atoms with Crippen molar-refractivity contribution in [2.24, 2.45) is 0 Å². The van der Waals surface area contributed by atoms with Crippen LogP contribution in [0.1, 0.15) is 252 Å². The molecule has 2 bridgehead atoms. The van der Waals surface area contributed by atoms with Gasteiger partial charge in [0.15, 0.2) is 12.6 Å². The molecule has 0 radical (unpaired) electrons. The fraction of sp³-hybridized carbons (Fsp3) is 0.971. The van der Waals surface area contributed by atoms with Crippen molar-refractivity contribution in [3.63, 3.8) is 0 Å². The van der Waals surface area contributed by atoms with Crippen LogP contribution in [0.2, 0.25) is 0 Å². The second-order valence-electron chi connectivity index (χ2n) is 27.1. The van der Waals surface area contributed by atoms with Crippen molar-refractivity contribution >= 4 is 11.8 Å². The van der Waals surface area contributed by atoms with Crippen molar-refractivity contribution in [1.82, 2.24) is 10.6 Å². The molecule has 2 amide bonds. The third-order valence-corrected chi connectivity index (χ3v) is 19.4. The first-order valence-corrected chi connectivity index (χ1v) is 36.0. The van der Waals surface area contributed by atoms with Gasteiger partial charge in [-0.3, -0.25) is 9.59 Å². The van der Waals surface area contributed by atoms with Crippen molar-refractivity contribution in [3.8, 4) is 0 Å². The van der Waals surface area contributed by atoms with Crippen molar-refractivity contribution in [1.29, 1.82) is 0 Å². The standard InChI is InChI=1S/C68H128N2O22/c1-5-7-9-11-13-15-17-19-20-22-24-26-28-30-32-36-58(81)70-47(48(77)34-31-29-27-25-23-21-18-16-14-12-10-8-6-2)44-86-66-62(84)61(83)63(56(42-73)90-66)91-67(60(82)45(3)75)89-55(41-72)51(80)39-53-59(69-46(4)76)64-65(85)68(92-64,57(43-74)88-53)37-33-35-52-49(78)38-50(79)54(40-71)87-52/h45,47-57,59-67,71-75,77-80,82-85H,5-44H2,1-4H3,(H,69,76)(H,70,81)/t45-,47?,48?,49+,50-,51?,52?,53+,54?,55?,56?,57?,59?,60?,61?,62?,63?,64?,65?,66?,67?,68?/m1/s1. The zero-order chi connectivity index (χ0) is 67.4. The average molecular weight is 1330 g/mol. The Morgan fingerprint density at radius 2 is 1.12 bits per heavy atom. The highest BCUT2D eigenvalue weighted by Gasteiger charge is 2.66. The summed E-state index contributed by atoms with van der Waals surface area (Å²) < 4.78 is 42.4. The molecule has 542 valence electrons. The summed E-state index contributed by atoms with van der Waals surface area (Å²) in [5.41, 5.74) is -1.53. The van der Waals surface area contributed by atoms with E-state index in [-0.39, 0.29) is 44.6 Å². The molecule has 5 aliphatic heterocycles. The zero-order valence-electron chi connectivity index (χ0n) is 56.4. The lowest BCUT2D eigenvalue weighted by Gasteiger charge is -2.54. The normalized spacial score (nSPS) is 30.6. The molecule has 18 unspecified atom stereocenters. The van der Waals surface area contributed by atoms with Gasteiger partial charge >= 0.3 is 0 Å². The first-order valence-electron chi connectivity index (χ1n) is 36.0. The van der Waals surface area contributed by atoms with E-state index in [9.17, 15) is 76.0 Å². The average Bonchev–Trinajstić information content (AvgIpc) is 1.47. The fourth-order valence-electron chi connectivity index (χ4n) is 13.6. The van der Waals surface area contributed by atoms with Crippen molar-refractivity contribution in [3.05, 3.63) is 0 Å². The summed E-state index contributed by atoms with van der Waals surface area (Å²) in [6, 6.07) is -2.07. The van der Waals surface area contributed by atoms with E-state index in [1.165, 1.54) is 136 Å². The Bertz CT molecular complexity index is 1900. The highest BCUT2D eigenvalue weighted by Crippen LogP contribution is 2.48. The SMILES string of the molecule is CCCCCCCCCCCCCCCCCC(=O)NC(COC1OC(CO)C(OC(OC(CO)C(O)C[C@@H]2OC(CO)C3(CCCC4OC(CO)[C@H](O)C[C@@H]4O)OC(C2NC(C)=O)C3O)C(O)[C@@H](C)O)C(O)C1O)C(O)CCCCCCCCCCCCCCC. The summed E-state index contributed by atoms with van der Waals surface area (Å²) in [6.45, 7) is 3.55. The summed E-state index contributed by atoms with van der Waals surface area (Å²) in [6.07, 6.45) is 6.08. The third kappa shape index (κ3) is 27.8. The lowest BCUT2D eigenvalue weighted by molar-refractivity contribution is -0.345. The van der Waals surface area contributed by atoms with Gasteiger partial charge in [0.1, 0.15) is 66.6 Å². The molecule has 0 saturated carbocycles. The van der Waals surface area contributed by atoms with Gasteiger partial charge in [-0.25, -0.2) is 0 Å². The topological polar surface area (TPSA) is 386 Å². The molecular weight excluding hydrogens is 1200 g/mol. The lowest BCUT2D eigenvalue weighted by atomic mass is 9.75. The Labute approximate surface area is 549 Å². The number of carbonyl (C=O) groups is 2. The summed E-state index contributed by atoms with van der Waals surface area (Å²) in [7, 11) is 0. The number of ether oxygens (including phenoxy) is 7. The molecule has 0 aromatic rings. The Morgan fingerprint density at radius 3 is 1.61 bits per heavy atom. The van der Waals surface area contributed by atoms with Crippen LogP contribution in [0.5, 0.6) is 0 Å². The van der Waals surface area contributed by atoms with E-state index in [4.69, 9.17) is 33.2 Å². The second-order valence-corrected chi connectivity index (χ2v) is 27.1. The molecule has 0 aliphatic carbocycles. The molecule has 24 nitrogen and oxygen atoms in total. The Morgan fingerprint density at radius 1 is 0.598 bits per heavy atom. The third-order valence-electron chi connectivity index (χ3n) is 19.4. The van der Waals surface area contributed by atoms with E-state index in [1.807, 2.05) is 0 Å². The molecule has 5 aliphatic rings. The lowest BCUT2D eigenvalue weighted by Crippen LogP contribution is -2.73. The molecule has 92 heavy (non-hydrogen) atoms. The predicted octanol–water partition coefficient (Wildman–Crippen LogP) is 4.42. The van der Waals surface area contributed by atoms with Crippen LogP contribution in [0.25, 0.3) is 0 Å². The number of hydrogen-bond donors (Lipinski definition) is 15. The Balaban J connectivity index is 1.37. The minimum Gasteiger partial charge on any atom is -0.394 e. The number of nitrogens with one attached hydrogen (secondary N) is 2. The number of rotatable bonds is 53. The number of hydrogen-bond acceptors (Lipinski definition) is 22. The molecule has 15 N–H and O–H groups in total. The van der Waals surface area contributed by atoms with Crippen LogP contribution in [0.15, 0.2) is 0 Å². The molecule has 22 atom stereocenters. The Hall–Kier alpha value is -1.86. The first kappa shape index (κ1) is 82.6. The van der Waals surface area contributed by atoms with Crippen LogP contribution in [0.4, 0.5) is 0 Å². The van der Waals surface area contributed by atoms with Gasteiger partial charge < -0.3 is 110 Å². The maximum Gasteiger partial charge on any atom is 0.220 e. The maximum absolute atomic E-state index is 13.5. The van der Waals surface area contributed by atoms with Gasteiger partial charge in [0.2, 0.25) is 11.8 Å². The fourth-order valence-corrected chi connectivity index (χ4v) is 13.6. The molecule has 24 heteroatoms. The summed E-state index contributed by atoms with van der Waals surface area (Å²) in [4.78, 5) is 26.1. The molecule has 0 aromatic carbocycles. The van der Waals surface area contributed by atoms with E-state index in [0.29, 0.717) is 19.3 Å². The van der Waals surface area contributed by atoms with E-state index in [0.717, 1.165) is 44.9 Å². The second kappa shape index (κ2) is 46.4. The number of aliphatic hydroxyl groups excluding tert-OH is 13. The van der Waals surface area contributed by atoms with Crippen molar-refractivity contribution < 1.29 is 109 Å². The van der Waals surface area contributed by atoms with E-state index in [1.54, 1.807) is 0 Å². The number of aliphatic hydroxyl groups is 13. The van der Waals surface area contributed by atoms with Crippen molar-refractivity contribution in [2.45, 2.75) is 386 Å². The smallest absolute Gasteiger partial charge is 0.220 e. The molecule has 5 heterocycles. The van der Waals surface area contributed by atoms with Crippen LogP contribution in [-0.2, 0) is 42.7 Å². The minimum absolute atomic E-state index is 0.0218. The van der Waals surface area contributed by atoms with Crippen molar-refractivity contribution in [2.75, 3.05) is 33.0 Å². The highest BCUT2D eigenvalue weighted by atomic mass is 16.7. The monoisotopic (exact) mass is 1320 g/mol. The van der Waals surface area contributed by atoms with Gasteiger partial charge in [-0.05, 0) is 39.0 Å². The summed E-state index contributed by atoms with van der Waals surface area (Å²) in [5, 5.41) is 148. The van der Waals surface area contributed by atoms with Crippen LogP contribution in [0, 0.1) is 0 Å². The minimum atomic E-state index is -2.01. The van der Waals surface area contributed by atoms with Gasteiger partial charge in [-0.1, -0.05) is 187 Å². The molecule has 5 saturated heterocycles. The maximum atomic E-state index is 13.5. The van der Waals surface area contributed by atoms with Crippen LogP contribution in [0.3, 0.4) is 0 Å². The van der Waals surface area contributed by atoms with Crippen LogP contribution >= 0.6 is 0 Å². The van der Waals surface area contributed by atoms with Gasteiger partial charge in [-0.2, -0.15) is 0 Å². The molecule has 0 aromatic heterocycles. The zero-order valence-corrected chi connectivity index (χ0v) is 56.4. The molecule has 0 spiro atoms. The van der Waals surface area contributed by atoms with Gasteiger partial charge in [-0.15, -0.1) is 0 Å². The van der Waals surface area contributed by atoms with E-state index < -0.39 is 173 Å². The predicted molar refractivity (Wildman–Crippen MR) is 344 cm³/mol. The Kier molecular flexibility index (Phi) is 41.7. The quantitative estimate of drug-likeness (QED) is 0.0296. The molecular formula is C68H128N2O22. The van der Waals surface area contributed by atoms with Crippen LogP contribution < -0.4 is 10.6 Å². The summed E-state index contributed by atoms with van der Waals surface area (Å²) in [5.74, 6) is -0.828. The van der Waals surface area contributed by atoms with E-state index >= 15 is 0 Å². The number of amides is 2. The summed E-state index contributed by atoms with van der Waals surface area (Å²) >= 11 is 0. The molecule has 5 fully saturated rings. The molecule has 5 rings (SSSR count). The largest absolute Gasteiger partial charge is 0.394 e.